The number of halogens is 1. The topological polar surface area (TPSA) is 64.3 Å². The summed E-state index contributed by atoms with van der Waals surface area (Å²) in [6.45, 7) is 3.14. The molecule has 0 saturated heterocycles. The first-order chi connectivity index (χ1) is 10.1. The Morgan fingerprint density at radius 1 is 1.36 bits per heavy atom. The standard InChI is InChI=1S/C17H26N2O2.ClH/c1-14-6-4-7-15(12-14)21-11-5-8-16(20)19-17(13-18)9-2-3-10-17;/h4,6-7,12H,2-3,5,8-11,13,18H2,1H3,(H,19,20);1H. The molecule has 1 fully saturated rings. The fourth-order valence-electron chi connectivity index (χ4n) is 2.92. The van der Waals surface area contributed by atoms with Crippen LogP contribution in [0.3, 0.4) is 0 Å². The predicted octanol–water partition coefficient (Wildman–Crippen LogP) is 2.96. The number of carbonyl (C=O) groups is 1. The van der Waals surface area contributed by atoms with E-state index in [0.717, 1.165) is 37.9 Å². The Balaban J connectivity index is 0.00000242. The highest BCUT2D eigenvalue weighted by molar-refractivity contribution is 5.85. The number of benzene rings is 1. The van der Waals surface area contributed by atoms with E-state index < -0.39 is 0 Å². The normalized spacial score (nSPS) is 15.9. The molecule has 124 valence electrons. The van der Waals surface area contributed by atoms with Crippen molar-refractivity contribution >= 4 is 18.3 Å². The lowest BCUT2D eigenvalue weighted by Gasteiger charge is -2.28. The van der Waals surface area contributed by atoms with Gasteiger partial charge in [-0.1, -0.05) is 25.0 Å². The maximum atomic E-state index is 12.0. The van der Waals surface area contributed by atoms with Crippen LogP contribution >= 0.6 is 12.4 Å². The first-order valence-corrected chi connectivity index (χ1v) is 7.84. The number of hydrogen-bond acceptors (Lipinski definition) is 3. The minimum absolute atomic E-state index is 0. The van der Waals surface area contributed by atoms with Crippen LogP contribution in [0.15, 0.2) is 24.3 Å². The Morgan fingerprint density at radius 2 is 2.09 bits per heavy atom. The van der Waals surface area contributed by atoms with Gasteiger partial charge in [-0.15, -0.1) is 12.4 Å². The van der Waals surface area contributed by atoms with Gasteiger partial charge in [-0.2, -0.15) is 0 Å². The van der Waals surface area contributed by atoms with Crippen LogP contribution in [0.1, 0.15) is 44.1 Å². The monoisotopic (exact) mass is 326 g/mol. The van der Waals surface area contributed by atoms with Crippen LogP contribution in [0.25, 0.3) is 0 Å². The number of amides is 1. The van der Waals surface area contributed by atoms with Crippen molar-refractivity contribution in [3.8, 4) is 5.75 Å². The zero-order valence-corrected chi connectivity index (χ0v) is 14.1. The summed E-state index contributed by atoms with van der Waals surface area (Å²) in [6.07, 6.45) is 5.56. The number of nitrogens with one attached hydrogen (secondary N) is 1. The summed E-state index contributed by atoms with van der Waals surface area (Å²) in [4.78, 5) is 12.0. The van der Waals surface area contributed by atoms with Crippen LogP contribution < -0.4 is 15.8 Å². The van der Waals surface area contributed by atoms with Crippen LogP contribution in [-0.4, -0.2) is 24.6 Å². The molecule has 0 radical (unpaired) electrons. The lowest BCUT2D eigenvalue weighted by atomic mass is 9.97. The smallest absolute Gasteiger partial charge is 0.220 e. The third-order valence-corrected chi connectivity index (χ3v) is 4.16. The number of nitrogens with two attached hydrogens (primary N) is 1. The number of rotatable bonds is 7. The van der Waals surface area contributed by atoms with E-state index >= 15 is 0 Å². The second kappa shape index (κ2) is 9.01. The molecule has 0 heterocycles. The highest BCUT2D eigenvalue weighted by Gasteiger charge is 2.33. The van der Waals surface area contributed by atoms with E-state index in [-0.39, 0.29) is 23.9 Å². The molecular weight excluding hydrogens is 300 g/mol. The lowest BCUT2D eigenvalue weighted by Crippen LogP contribution is -2.51. The average molecular weight is 327 g/mol. The van der Waals surface area contributed by atoms with E-state index in [0.29, 0.717) is 19.6 Å². The molecule has 0 aliphatic heterocycles. The molecule has 5 heteroatoms. The van der Waals surface area contributed by atoms with Gasteiger partial charge >= 0.3 is 0 Å². The van der Waals surface area contributed by atoms with Crippen molar-refractivity contribution < 1.29 is 9.53 Å². The molecule has 3 N–H and O–H groups in total. The second-order valence-electron chi connectivity index (χ2n) is 6.01. The van der Waals surface area contributed by atoms with Crippen molar-refractivity contribution in [3.63, 3.8) is 0 Å². The van der Waals surface area contributed by atoms with Gasteiger partial charge in [0.25, 0.3) is 0 Å². The molecular formula is C17H27ClN2O2. The van der Waals surface area contributed by atoms with Crippen LogP contribution in [0, 0.1) is 6.92 Å². The molecule has 0 bridgehead atoms. The molecule has 1 aromatic rings. The van der Waals surface area contributed by atoms with Gasteiger partial charge in [0.2, 0.25) is 5.91 Å². The van der Waals surface area contributed by atoms with Gasteiger partial charge in [0, 0.05) is 13.0 Å². The minimum atomic E-state index is -0.144. The summed E-state index contributed by atoms with van der Waals surface area (Å²) in [5.74, 6) is 0.958. The summed E-state index contributed by atoms with van der Waals surface area (Å²) in [6, 6.07) is 7.95. The maximum Gasteiger partial charge on any atom is 0.220 e. The third-order valence-electron chi connectivity index (χ3n) is 4.16. The van der Waals surface area contributed by atoms with Crippen molar-refractivity contribution in [1.29, 1.82) is 0 Å². The Bertz CT molecular complexity index is 473. The fourth-order valence-corrected chi connectivity index (χ4v) is 2.92. The molecule has 1 aromatic carbocycles. The number of carbonyl (C=O) groups excluding carboxylic acids is 1. The molecule has 4 nitrogen and oxygen atoms in total. The van der Waals surface area contributed by atoms with Crippen LogP contribution in [0.5, 0.6) is 5.75 Å². The number of ether oxygens (including phenoxy) is 1. The van der Waals surface area contributed by atoms with E-state index in [9.17, 15) is 4.79 Å². The molecule has 0 spiro atoms. The molecule has 0 unspecified atom stereocenters. The zero-order valence-electron chi connectivity index (χ0n) is 13.3. The van der Waals surface area contributed by atoms with Gasteiger partial charge in [0.1, 0.15) is 5.75 Å². The number of aryl methyl sites for hydroxylation is 1. The molecule has 1 aliphatic carbocycles. The summed E-state index contributed by atoms with van der Waals surface area (Å²) in [7, 11) is 0. The van der Waals surface area contributed by atoms with Crippen molar-refractivity contribution in [2.24, 2.45) is 5.73 Å². The lowest BCUT2D eigenvalue weighted by molar-refractivity contribution is -0.123. The Kier molecular flexibility index (Phi) is 7.69. The van der Waals surface area contributed by atoms with Crippen molar-refractivity contribution in [2.75, 3.05) is 13.2 Å². The molecule has 22 heavy (non-hydrogen) atoms. The molecule has 0 atom stereocenters. The highest BCUT2D eigenvalue weighted by Crippen LogP contribution is 2.28. The van der Waals surface area contributed by atoms with E-state index in [1.165, 1.54) is 5.56 Å². The van der Waals surface area contributed by atoms with Gasteiger partial charge in [0.05, 0.1) is 12.1 Å². The Hall–Kier alpha value is -1.26. The van der Waals surface area contributed by atoms with E-state index in [4.69, 9.17) is 10.5 Å². The van der Waals surface area contributed by atoms with Gasteiger partial charge in [0.15, 0.2) is 0 Å². The van der Waals surface area contributed by atoms with Crippen molar-refractivity contribution in [1.82, 2.24) is 5.32 Å². The summed E-state index contributed by atoms with van der Waals surface area (Å²) < 4.78 is 5.65. The molecule has 1 amide bonds. The van der Waals surface area contributed by atoms with E-state index in [1.807, 2.05) is 31.2 Å². The van der Waals surface area contributed by atoms with Crippen molar-refractivity contribution in [3.05, 3.63) is 29.8 Å². The summed E-state index contributed by atoms with van der Waals surface area (Å²) in [5.41, 5.74) is 6.86. The quantitative estimate of drug-likeness (QED) is 0.757. The number of hydrogen-bond donors (Lipinski definition) is 2. The Morgan fingerprint density at radius 3 is 2.73 bits per heavy atom. The molecule has 2 rings (SSSR count). The third kappa shape index (κ3) is 5.50. The molecule has 0 aromatic heterocycles. The zero-order chi connectivity index (χ0) is 15.1. The average Bonchev–Trinajstić information content (AvgIpc) is 2.93. The Labute approximate surface area is 139 Å². The van der Waals surface area contributed by atoms with Gasteiger partial charge in [-0.3, -0.25) is 4.79 Å². The fraction of sp³-hybridized carbons (Fsp3) is 0.588. The van der Waals surface area contributed by atoms with Gasteiger partial charge in [-0.05, 0) is 43.9 Å². The molecule has 1 aliphatic rings. The van der Waals surface area contributed by atoms with Crippen LogP contribution in [-0.2, 0) is 4.79 Å². The van der Waals surface area contributed by atoms with Gasteiger partial charge < -0.3 is 15.8 Å². The second-order valence-corrected chi connectivity index (χ2v) is 6.01. The first kappa shape index (κ1) is 18.8. The van der Waals surface area contributed by atoms with Gasteiger partial charge in [-0.25, -0.2) is 0 Å². The SMILES string of the molecule is Cc1cccc(OCCCC(=O)NC2(CN)CCCC2)c1.Cl. The van der Waals surface area contributed by atoms with E-state index in [1.54, 1.807) is 0 Å². The van der Waals surface area contributed by atoms with E-state index in [2.05, 4.69) is 5.32 Å². The highest BCUT2D eigenvalue weighted by atomic mass is 35.5. The largest absolute Gasteiger partial charge is 0.494 e. The van der Waals surface area contributed by atoms with Crippen LogP contribution in [0.4, 0.5) is 0 Å². The molecule has 1 saturated carbocycles. The predicted molar refractivity (Wildman–Crippen MR) is 91.6 cm³/mol. The summed E-state index contributed by atoms with van der Waals surface area (Å²) in [5, 5.41) is 3.13. The van der Waals surface area contributed by atoms with Crippen LogP contribution in [0.2, 0.25) is 0 Å². The summed E-state index contributed by atoms with van der Waals surface area (Å²) >= 11 is 0. The minimum Gasteiger partial charge on any atom is -0.494 e. The first-order valence-electron chi connectivity index (χ1n) is 7.84. The maximum absolute atomic E-state index is 12.0. The van der Waals surface area contributed by atoms with Crippen molar-refractivity contribution in [2.45, 2.75) is 51.0 Å².